The molecule has 0 aromatic heterocycles. The number of anilines is 1. The maximum absolute atomic E-state index is 5.99. The monoisotopic (exact) mass is 203 g/mol. The van der Waals surface area contributed by atoms with E-state index in [4.69, 9.17) is 23.2 Å². The highest BCUT2D eigenvalue weighted by molar-refractivity contribution is 6.33. The predicted octanol–water partition coefficient (Wildman–Crippen LogP) is 3.57. The number of alkyl halides is 1. The van der Waals surface area contributed by atoms with Crippen LogP contribution in [-0.4, -0.2) is 6.00 Å². The van der Waals surface area contributed by atoms with Gasteiger partial charge < -0.3 is 5.32 Å². The summed E-state index contributed by atoms with van der Waals surface area (Å²) in [5.41, 5.74) is 3.22. The van der Waals surface area contributed by atoms with Crippen LogP contribution in [0.3, 0.4) is 0 Å². The van der Waals surface area contributed by atoms with Gasteiger partial charge in [-0.2, -0.15) is 0 Å². The van der Waals surface area contributed by atoms with Crippen molar-refractivity contribution in [1.82, 2.24) is 0 Å². The molecule has 0 aliphatic heterocycles. The number of rotatable bonds is 2. The van der Waals surface area contributed by atoms with Crippen molar-refractivity contribution < 1.29 is 0 Å². The molecular weight excluding hydrogens is 193 g/mol. The fourth-order valence-electron chi connectivity index (χ4n) is 1.21. The van der Waals surface area contributed by atoms with Gasteiger partial charge in [0.15, 0.2) is 0 Å². The van der Waals surface area contributed by atoms with Gasteiger partial charge in [0, 0.05) is 0 Å². The Morgan fingerprint density at radius 2 is 2.00 bits per heavy atom. The number of nitrogens with one attached hydrogen (secondary N) is 1. The maximum Gasteiger partial charge on any atom is 0.0902 e. The molecule has 1 nitrogen and oxygen atoms in total. The quantitative estimate of drug-likeness (QED) is 0.573. The first-order valence-corrected chi connectivity index (χ1v) is 4.63. The van der Waals surface area contributed by atoms with Crippen molar-refractivity contribution in [1.29, 1.82) is 0 Å². The molecule has 12 heavy (non-hydrogen) atoms. The lowest BCUT2D eigenvalue weighted by atomic mass is 10.1. The predicted molar refractivity (Wildman–Crippen MR) is 55.3 cm³/mol. The fourth-order valence-corrected chi connectivity index (χ4v) is 1.73. The highest BCUT2D eigenvalue weighted by Crippen LogP contribution is 2.27. The number of hydrogen-bond donors (Lipinski definition) is 1. The van der Waals surface area contributed by atoms with Gasteiger partial charge >= 0.3 is 0 Å². The van der Waals surface area contributed by atoms with Crippen LogP contribution in [-0.2, 0) is 0 Å². The topological polar surface area (TPSA) is 12.0 Å². The van der Waals surface area contributed by atoms with Crippen LogP contribution in [0.5, 0.6) is 0 Å². The van der Waals surface area contributed by atoms with Gasteiger partial charge in [0.25, 0.3) is 0 Å². The van der Waals surface area contributed by atoms with Crippen molar-refractivity contribution in [3.8, 4) is 0 Å². The van der Waals surface area contributed by atoms with E-state index >= 15 is 0 Å². The molecule has 0 amide bonds. The van der Waals surface area contributed by atoms with Crippen LogP contribution >= 0.6 is 23.2 Å². The van der Waals surface area contributed by atoms with E-state index in [0.717, 1.165) is 21.8 Å². The van der Waals surface area contributed by atoms with E-state index in [1.807, 2.05) is 19.9 Å². The average Bonchev–Trinajstić information content (AvgIpc) is 1.96. The van der Waals surface area contributed by atoms with E-state index in [2.05, 4.69) is 11.4 Å². The SMILES string of the molecule is Cc1cc(C)c(NCCl)c(Cl)c1. The van der Waals surface area contributed by atoms with Gasteiger partial charge in [-0.25, -0.2) is 0 Å². The van der Waals surface area contributed by atoms with E-state index < -0.39 is 0 Å². The number of aryl methyl sites for hydroxylation is 2. The molecule has 0 aliphatic carbocycles. The Kier molecular flexibility index (Phi) is 3.24. The van der Waals surface area contributed by atoms with E-state index in [0.29, 0.717) is 6.00 Å². The summed E-state index contributed by atoms with van der Waals surface area (Å²) in [4.78, 5) is 0. The third kappa shape index (κ3) is 2.05. The van der Waals surface area contributed by atoms with Gasteiger partial charge in [-0.05, 0) is 31.0 Å². The molecule has 0 atom stereocenters. The van der Waals surface area contributed by atoms with Crippen molar-refractivity contribution in [3.05, 3.63) is 28.3 Å². The molecule has 1 N–H and O–H groups in total. The van der Waals surface area contributed by atoms with Gasteiger partial charge in [-0.3, -0.25) is 0 Å². The molecule has 1 aromatic carbocycles. The zero-order valence-electron chi connectivity index (χ0n) is 7.12. The first-order chi connectivity index (χ1) is 5.65. The van der Waals surface area contributed by atoms with Crippen molar-refractivity contribution in [2.75, 3.05) is 11.3 Å². The van der Waals surface area contributed by atoms with Crippen molar-refractivity contribution in [2.45, 2.75) is 13.8 Å². The highest BCUT2D eigenvalue weighted by Gasteiger charge is 2.03. The second-order valence-electron chi connectivity index (χ2n) is 2.75. The van der Waals surface area contributed by atoms with Crippen LogP contribution in [0.4, 0.5) is 5.69 Å². The lowest BCUT2D eigenvalue weighted by molar-refractivity contribution is 1.34. The summed E-state index contributed by atoms with van der Waals surface area (Å²) in [6, 6.07) is 4.37. The van der Waals surface area contributed by atoms with Crippen molar-refractivity contribution in [3.63, 3.8) is 0 Å². The van der Waals surface area contributed by atoms with E-state index in [1.54, 1.807) is 0 Å². The van der Waals surface area contributed by atoms with Gasteiger partial charge in [0.2, 0.25) is 0 Å². The second-order valence-corrected chi connectivity index (χ2v) is 3.42. The summed E-state index contributed by atoms with van der Waals surface area (Å²) in [6.07, 6.45) is 0. The Bertz CT molecular complexity index is 261. The van der Waals surface area contributed by atoms with Gasteiger partial charge in [-0.15, -0.1) is 11.6 Å². The lowest BCUT2D eigenvalue weighted by Gasteiger charge is -2.09. The Labute approximate surface area is 82.7 Å². The zero-order valence-corrected chi connectivity index (χ0v) is 8.63. The van der Waals surface area contributed by atoms with Crippen molar-refractivity contribution >= 4 is 28.9 Å². The normalized spacial score (nSPS) is 10.0. The summed E-state index contributed by atoms with van der Waals surface area (Å²) >= 11 is 11.5. The second kappa shape index (κ2) is 4.01. The molecule has 3 heteroatoms. The van der Waals surface area contributed by atoms with Gasteiger partial charge in [-0.1, -0.05) is 17.7 Å². The number of hydrogen-bond acceptors (Lipinski definition) is 1. The molecule has 0 saturated heterocycles. The van der Waals surface area contributed by atoms with E-state index in [-0.39, 0.29) is 0 Å². The summed E-state index contributed by atoms with van der Waals surface area (Å²) in [5.74, 6) is 0. The molecule has 0 bridgehead atoms. The first kappa shape index (κ1) is 9.69. The Balaban J connectivity index is 3.10. The molecule has 1 aromatic rings. The summed E-state index contributed by atoms with van der Waals surface area (Å²) < 4.78 is 0. The number of benzene rings is 1. The largest absolute Gasteiger partial charge is 0.370 e. The molecule has 0 radical (unpaired) electrons. The average molecular weight is 204 g/mol. The van der Waals surface area contributed by atoms with Crippen LogP contribution in [0.25, 0.3) is 0 Å². The smallest absolute Gasteiger partial charge is 0.0902 e. The molecular formula is C9H11Cl2N. The highest BCUT2D eigenvalue weighted by atomic mass is 35.5. The first-order valence-electron chi connectivity index (χ1n) is 3.71. The van der Waals surface area contributed by atoms with Crippen LogP contribution in [0.2, 0.25) is 5.02 Å². The maximum atomic E-state index is 5.99. The lowest BCUT2D eigenvalue weighted by Crippen LogP contribution is -1.98. The minimum atomic E-state index is 0.379. The molecule has 0 heterocycles. The summed E-state index contributed by atoms with van der Waals surface area (Å²) in [6.45, 7) is 4.02. The third-order valence-corrected chi connectivity index (χ3v) is 2.11. The van der Waals surface area contributed by atoms with Crippen LogP contribution in [0.15, 0.2) is 12.1 Å². The Morgan fingerprint density at radius 1 is 1.33 bits per heavy atom. The summed E-state index contributed by atoms with van der Waals surface area (Å²) in [5, 5.41) is 3.73. The minimum Gasteiger partial charge on any atom is -0.370 e. The Morgan fingerprint density at radius 3 is 2.50 bits per heavy atom. The molecule has 1 rings (SSSR count). The molecule has 0 fully saturated rings. The van der Waals surface area contributed by atoms with Crippen LogP contribution in [0.1, 0.15) is 11.1 Å². The Hall–Kier alpha value is -0.400. The van der Waals surface area contributed by atoms with Crippen LogP contribution < -0.4 is 5.32 Å². The van der Waals surface area contributed by atoms with E-state index in [1.165, 1.54) is 0 Å². The fraction of sp³-hybridized carbons (Fsp3) is 0.333. The van der Waals surface area contributed by atoms with Crippen LogP contribution in [0, 0.1) is 13.8 Å². The van der Waals surface area contributed by atoms with Gasteiger partial charge in [0.1, 0.15) is 0 Å². The van der Waals surface area contributed by atoms with E-state index in [9.17, 15) is 0 Å². The van der Waals surface area contributed by atoms with Crippen molar-refractivity contribution in [2.24, 2.45) is 0 Å². The number of halogens is 2. The molecule has 0 saturated carbocycles. The third-order valence-electron chi connectivity index (χ3n) is 1.68. The molecule has 0 spiro atoms. The standard InChI is InChI=1S/C9H11Cl2N/c1-6-3-7(2)9(12-5-10)8(11)4-6/h3-4,12H,5H2,1-2H3. The molecule has 0 unspecified atom stereocenters. The van der Waals surface area contributed by atoms with Gasteiger partial charge in [0.05, 0.1) is 16.7 Å². The molecule has 66 valence electrons. The summed E-state index contributed by atoms with van der Waals surface area (Å²) in [7, 11) is 0. The minimum absolute atomic E-state index is 0.379. The molecule has 0 aliphatic rings. The zero-order chi connectivity index (χ0) is 9.14.